The number of amides is 1. The Hall–Kier alpha value is -3.75. The van der Waals surface area contributed by atoms with Crippen LogP contribution in [-0.4, -0.2) is 48.2 Å². The SMILES string of the molecule is CN/C=C1\CN(c2c([N+](=O)[O-])ccc(Oc3ccccc3)c2C)CCN1C(=O)OC(C)(C)C. The first-order valence-corrected chi connectivity index (χ1v) is 10.7. The Morgan fingerprint density at radius 2 is 1.85 bits per heavy atom. The van der Waals surface area contributed by atoms with E-state index in [-0.39, 0.29) is 12.2 Å². The number of piperazine rings is 1. The molecule has 2 aromatic rings. The Balaban J connectivity index is 1.94. The molecule has 0 unspecified atom stereocenters. The maximum absolute atomic E-state index is 12.7. The fourth-order valence-corrected chi connectivity index (χ4v) is 3.67. The van der Waals surface area contributed by atoms with Gasteiger partial charge in [0.05, 0.1) is 17.2 Å². The van der Waals surface area contributed by atoms with Crippen molar-refractivity contribution in [3.63, 3.8) is 0 Å². The Morgan fingerprint density at radius 3 is 2.45 bits per heavy atom. The first-order valence-electron chi connectivity index (χ1n) is 10.7. The lowest BCUT2D eigenvalue weighted by molar-refractivity contribution is -0.384. The molecule has 9 nitrogen and oxygen atoms in total. The van der Waals surface area contributed by atoms with E-state index in [0.717, 1.165) is 0 Å². The molecule has 2 aromatic carbocycles. The van der Waals surface area contributed by atoms with E-state index in [0.29, 0.717) is 41.5 Å². The second kappa shape index (κ2) is 9.81. The number of hydrogen-bond donors (Lipinski definition) is 1. The molecule has 1 N–H and O–H groups in total. The van der Waals surface area contributed by atoms with Gasteiger partial charge in [-0.05, 0) is 45.9 Å². The highest BCUT2D eigenvalue weighted by molar-refractivity contribution is 5.75. The van der Waals surface area contributed by atoms with Crippen LogP contribution in [0.5, 0.6) is 11.5 Å². The summed E-state index contributed by atoms with van der Waals surface area (Å²) in [5.74, 6) is 1.18. The molecule has 0 spiro atoms. The van der Waals surface area contributed by atoms with Crippen molar-refractivity contribution in [3.05, 3.63) is 70.0 Å². The quantitative estimate of drug-likeness (QED) is 0.511. The summed E-state index contributed by atoms with van der Waals surface area (Å²) in [6.07, 6.45) is 1.26. The third-order valence-electron chi connectivity index (χ3n) is 5.06. The lowest BCUT2D eigenvalue weighted by Gasteiger charge is -2.38. The summed E-state index contributed by atoms with van der Waals surface area (Å²) in [5, 5.41) is 14.8. The zero-order chi connectivity index (χ0) is 24.2. The molecular formula is C24H30N4O5. The van der Waals surface area contributed by atoms with Crippen LogP contribution in [0.15, 0.2) is 54.4 Å². The first-order chi connectivity index (χ1) is 15.6. The minimum Gasteiger partial charge on any atom is -0.457 e. The van der Waals surface area contributed by atoms with Gasteiger partial charge in [0.2, 0.25) is 0 Å². The molecule has 33 heavy (non-hydrogen) atoms. The predicted octanol–water partition coefficient (Wildman–Crippen LogP) is 4.81. The minimum atomic E-state index is -0.628. The van der Waals surface area contributed by atoms with Gasteiger partial charge in [-0.3, -0.25) is 15.0 Å². The molecular weight excluding hydrogens is 424 g/mol. The number of carbonyl (C=O) groups excluding carboxylic acids is 1. The van der Waals surface area contributed by atoms with Gasteiger partial charge in [0, 0.05) is 38.0 Å². The van der Waals surface area contributed by atoms with Crippen molar-refractivity contribution in [2.24, 2.45) is 0 Å². The van der Waals surface area contributed by atoms with E-state index in [1.54, 1.807) is 24.2 Å². The summed E-state index contributed by atoms with van der Waals surface area (Å²) in [6, 6.07) is 12.3. The smallest absolute Gasteiger partial charge is 0.414 e. The van der Waals surface area contributed by atoms with Crippen molar-refractivity contribution < 1.29 is 19.2 Å². The summed E-state index contributed by atoms with van der Waals surface area (Å²) in [6.45, 7) is 8.26. The van der Waals surface area contributed by atoms with Crippen LogP contribution in [0, 0.1) is 17.0 Å². The van der Waals surface area contributed by atoms with Crippen LogP contribution in [0.25, 0.3) is 0 Å². The van der Waals surface area contributed by atoms with Crippen LogP contribution in [0.2, 0.25) is 0 Å². The molecule has 0 saturated carbocycles. The van der Waals surface area contributed by atoms with Gasteiger partial charge in [0.1, 0.15) is 22.8 Å². The Bertz CT molecular complexity index is 1050. The summed E-state index contributed by atoms with van der Waals surface area (Å²) in [7, 11) is 1.74. The largest absolute Gasteiger partial charge is 0.457 e. The zero-order valence-corrected chi connectivity index (χ0v) is 19.6. The van der Waals surface area contributed by atoms with Crippen molar-refractivity contribution in [1.29, 1.82) is 0 Å². The number of rotatable bonds is 5. The van der Waals surface area contributed by atoms with E-state index in [1.165, 1.54) is 6.07 Å². The van der Waals surface area contributed by atoms with Crippen molar-refractivity contribution in [2.75, 3.05) is 31.6 Å². The minimum absolute atomic E-state index is 0.0116. The van der Waals surface area contributed by atoms with E-state index < -0.39 is 16.6 Å². The molecule has 176 valence electrons. The molecule has 1 saturated heterocycles. The van der Waals surface area contributed by atoms with Gasteiger partial charge < -0.3 is 19.7 Å². The van der Waals surface area contributed by atoms with E-state index in [4.69, 9.17) is 9.47 Å². The summed E-state index contributed by atoms with van der Waals surface area (Å²) in [5.41, 5.74) is 1.14. The van der Waals surface area contributed by atoms with Gasteiger partial charge in [0.15, 0.2) is 0 Å². The molecule has 0 atom stereocenters. The van der Waals surface area contributed by atoms with Crippen LogP contribution in [0.1, 0.15) is 26.3 Å². The zero-order valence-electron chi connectivity index (χ0n) is 19.6. The van der Waals surface area contributed by atoms with Crippen molar-refractivity contribution >= 4 is 17.5 Å². The van der Waals surface area contributed by atoms with E-state index in [1.807, 2.05) is 62.9 Å². The highest BCUT2D eigenvalue weighted by Gasteiger charge is 2.33. The van der Waals surface area contributed by atoms with Gasteiger partial charge in [-0.15, -0.1) is 0 Å². The molecule has 1 aliphatic rings. The monoisotopic (exact) mass is 454 g/mol. The summed E-state index contributed by atoms with van der Waals surface area (Å²) < 4.78 is 11.5. The van der Waals surface area contributed by atoms with Crippen LogP contribution in [-0.2, 0) is 4.74 Å². The van der Waals surface area contributed by atoms with Crippen LogP contribution in [0.4, 0.5) is 16.2 Å². The average molecular weight is 455 g/mol. The number of ether oxygens (including phenoxy) is 2. The van der Waals surface area contributed by atoms with E-state index >= 15 is 0 Å². The number of nitro benzene ring substituents is 1. The number of benzene rings is 2. The normalized spacial score (nSPS) is 15.4. The van der Waals surface area contributed by atoms with Crippen molar-refractivity contribution in [3.8, 4) is 11.5 Å². The third-order valence-corrected chi connectivity index (χ3v) is 5.06. The van der Waals surface area contributed by atoms with Crippen LogP contribution < -0.4 is 15.0 Å². The highest BCUT2D eigenvalue weighted by atomic mass is 16.6. The Labute approximate surface area is 193 Å². The van der Waals surface area contributed by atoms with E-state index in [2.05, 4.69) is 5.32 Å². The van der Waals surface area contributed by atoms with Gasteiger partial charge in [-0.25, -0.2) is 4.79 Å². The fourth-order valence-electron chi connectivity index (χ4n) is 3.67. The molecule has 0 bridgehead atoms. The van der Waals surface area contributed by atoms with Crippen molar-refractivity contribution in [1.82, 2.24) is 10.2 Å². The third kappa shape index (κ3) is 5.74. The molecule has 0 aliphatic carbocycles. The number of anilines is 1. The highest BCUT2D eigenvalue weighted by Crippen LogP contribution is 2.40. The van der Waals surface area contributed by atoms with Gasteiger partial charge in [-0.1, -0.05) is 18.2 Å². The lowest BCUT2D eigenvalue weighted by atomic mass is 10.1. The summed E-state index contributed by atoms with van der Waals surface area (Å²) in [4.78, 5) is 27.6. The van der Waals surface area contributed by atoms with E-state index in [9.17, 15) is 14.9 Å². The molecule has 1 heterocycles. The predicted molar refractivity (Wildman–Crippen MR) is 127 cm³/mol. The Kier molecular flexibility index (Phi) is 7.10. The maximum Gasteiger partial charge on any atom is 0.414 e. The molecule has 0 aromatic heterocycles. The number of para-hydroxylation sites is 1. The molecule has 3 rings (SSSR count). The molecule has 1 amide bonds. The van der Waals surface area contributed by atoms with Crippen molar-refractivity contribution in [2.45, 2.75) is 33.3 Å². The second-order valence-electron chi connectivity index (χ2n) is 8.71. The first kappa shape index (κ1) is 23.9. The standard InChI is InChI=1S/C24H30N4O5/c1-17-21(32-19-9-7-6-8-10-19)12-11-20(28(30)31)22(17)26-13-14-27(18(16-26)15-25-5)23(29)33-24(2,3)4/h6-12,15,25H,13-14,16H2,1-5H3/b18-15+. The number of nitrogens with one attached hydrogen (secondary N) is 1. The fraction of sp³-hybridized carbons (Fsp3) is 0.375. The van der Waals surface area contributed by atoms with Gasteiger partial charge in [0.25, 0.3) is 5.69 Å². The average Bonchev–Trinajstić information content (AvgIpc) is 2.74. The van der Waals surface area contributed by atoms with Gasteiger partial charge >= 0.3 is 6.09 Å². The second-order valence-corrected chi connectivity index (χ2v) is 8.71. The number of hydrogen-bond acceptors (Lipinski definition) is 7. The number of nitro groups is 1. The van der Waals surface area contributed by atoms with Crippen LogP contribution >= 0.6 is 0 Å². The molecule has 1 aliphatic heterocycles. The molecule has 9 heteroatoms. The number of carbonyl (C=O) groups is 1. The molecule has 1 fully saturated rings. The van der Waals surface area contributed by atoms with Gasteiger partial charge in [-0.2, -0.15) is 0 Å². The topological polar surface area (TPSA) is 97.2 Å². The Morgan fingerprint density at radius 1 is 1.15 bits per heavy atom. The molecule has 0 radical (unpaired) electrons. The summed E-state index contributed by atoms with van der Waals surface area (Å²) >= 11 is 0. The maximum atomic E-state index is 12.7. The number of nitrogens with zero attached hydrogens (tertiary/aromatic N) is 3. The van der Waals surface area contributed by atoms with Crippen LogP contribution in [0.3, 0.4) is 0 Å². The lowest BCUT2D eigenvalue weighted by Crippen LogP contribution is -2.49.